The van der Waals surface area contributed by atoms with Crippen molar-refractivity contribution in [3.63, 3.8) is 0 Å². The molecule has 1 atom stereocenters. The maximum atomic E-state index is 12.8. The highest BCUT2D eigenvalue weighted by Gasteiger charge is 2.36. The average Bonchev–Trinajstić information content (AvgIpc) is 2.95. The maximum Gasteiger partial charge on any atom is 0.204 e. The number of imidazole rings is 1. The number of fused-ring (bicyclic) bond motifs is 1. The van der Waals surface area contributed by atoms with Gasteiger partial charge in [0, 0.05) is 6.04 Å². The Morgan fingerprint density at radius 2 is 1.71 bits per heavy atom. The SMILES string of the molecule is CC.COc1ccc(Cn2c(NC3CCCCCC3)nc3c2C(=O)CC(=O)C3C)cc1. The van der Waals surface area contributed by atoms with Gasteiger partial charge in [-0.25, -0.2) is 4.98 Å². The molecule has 0 saturated heterocycles. The number of ketones is 2. The summed E-state index contributed by atoms with van der Waals surface area (Å²) in [6, 6.07) is 8.21. The minimum atomic E-state index is -0.338. The zero-order valence-corrected chi connectivity index (χ0v) is 19.2. The molecule has 4 rings (SSSR count). The third-order valence-corrected chi connectivity index (χ3v) is 6.17. The van der Waals surface area contributed by atoms with Gasteiger partial charge in [-0.3, -0.25) is 9.59 Å². The second-order valence-corrected chi connectivity index (χ2v) is 8.22. The number of rotatable bonds is 5. The fourth-order valence-electron chi connectivity index (χ4n) is 4.40. The number of Topliss-reactive ketones (excluding diaryl/α,β-unsaturated/α-hetero) is 2. The Hall–Kier alpha value is -2.63. The van der Waals surface area contributed by atoms with Crippen molar-refractivity contribution in [1.82, 2.24) is 9.55 Å². The molecule has 1 fully saturated rings. The van der Waals surface area contributed by atoms with Gasteiger partial charge in [0.1, 0.15) is 17.2 Å². The number of hydrogen-bond acceptors (Lipinski definition) is 5. The lowest BCUT2D eigenvalue weighted by Gasteiger charge is -2.20. The quantitative estimate of drug-likeness (QED) is 0.516. The predicted molar refractivity (Wildman–Crippen MR) is 123 cm³/mol. The highest BCUT2D eigenvalue weighted by Crippen LogP contribution is 2.32. The van der Waals surface area contributed by atoms with E-state index in [9.17, 15) is 9.59 Å². The largest absolute Gasteiger partial charge is 0.497 e. The molecule has 0 spiro atoms. The number of ether oxygens (including phenoxy) is 1. The summed E-state index contributed by atoms with van der Waals surface area (Å²) >= 11 is 0. The Morgan fingerprint density at radius 3 is 2.32 bits per heavy atom. The molecule has 168 valence electrons. The van der Waals surface area contributed by atoms with Crippen molar-refractivity contribution < 1.29 is 14.3 Å². The Kier molecular flexibility index (Phi) is 7.88. The van der Waals surface area contributed by atoms with Gasteiger partial charge in [-0.05, 0) is 37.5 Å². The van der Waals surface area contributed by atoms with Crippen LogP contribution in [-0.2, 0) is 11.3 Å². The Balaban J connectivity index is 0.00000132. The lowest BCUT2D eigenvalue weighted by atomic mass is 9.89. The summed E-state index contributed by atoms with van der Waals surface area (Å²) in [4.78, 5) is 29.8. The van der Waals surface area contributed by atoms with Gasteiger partial charge in [0.15, 0.2) is 5.78 Å². The predicted octanol–water partition coefficient (Wildman–Crippen LogP) is 5.36. The molecule has 1 aromatic carbocycles. The van der Waals surface area contributed by atoms with Gasteiger partial charge in [-0.2, -0.15) is 0 Å². The molecule has 6 nitrogen and oxygen atoms in total. The number of nitrogens with one attached hydrogen (secondary N) is 1. The lowest BCUT2D eigenvalue weighted by Crippen LogP contribution is -2.26. The van der Waals surface area contributed by atoms with E-state index in [4.69, 9.17) is 9.72 Å². The summed E-state index contributed by atoms with van der Waals surface area (Å²) in [6.45, 7) is 6.39. The van der Waals surface area contributed by atoms with Gasteiger partial charge in [-0.15, -0.1) is 0 Å². The van der Waals surface area contributed by atoms with E-state index < -0.39 is 0 Å². The molecule has 1 saturated carbocycles. The lowest BCUT2D eigenvalue weighted by molar-refractivity contribution is -0.119. The molecular weight excluding hydrogens is 390 g/mol. The van der Waals surface area contributed by atoms with Crippen molar-refractivity contribution in [2.45, 2.75) is 84.2 Å². The molecular formula is C25H35N3O3. The molecule has 0 amide bonds. The van der Waals surface area contributed by atoms with Gasteiger partial charge in [-0.1, -0.05) is 51.7 Å². The molecule has 0 radical (unpaired) electrons. The van der Waals surface area contributed by atoms with E-state index in [1.165, 1.54) is 25.7 Å². The summed E-state index contributed by atoms with van der Waals surface area (Å²) in [7, 11) is 1.65. The van der Waals surface area contributed by atoms with Crippen LogP contribution in [0.15, 0.2) is 24.3 Å². The van der Waals surface area contributed by atoms with E-state index in [0.717, 1.165) is 24.2 Å². The normalized spacial score (nSPS) is 19.2. The molecule has 1 unspecified atom stereocenters. The third kappa shape index (κ3) is 5.17. The fourth-order valence-corrected chi connectivity index (χ4v) is 4.40. The summed E-state index contributed by atoms with van der Waals surface area (Å²) in [6.07, 6.45) is 7.17. The van der Waals surface area contributed by atoms with Crippen molar-refractivity contribution in [2.24, 2.45) is 0 Å². The highest BCUT2D eigenvalue weighted by molar-refractivity contribution is 6.13. The first kappa shape index (κ1) is 23.0. The number of carbonyl (C=O) groups excluding carboxylic acids is 2. The summed E-state index contributed by atoms with van der Waals surface area (Å²) < 4.78 is 7.23. The minimum absolute atomic E-state index is 0.0364. The van der Waals surface area contributed by atoms with Crippen LogP contribution in [0.2, 0.25) is 0 Å². The van der Waals surface area contributed by atoms with Crippen LogP contribution in [-0.4, -0.2) is 34.3 Å². The smallest absolute Gasteiger partial charge is 0.204 e. The average molecular weight is 426 g/mol. The first-order valence-electron chi connectivity index (χ1n) is 11.6. The Bertz CT molecular complexity index is 893. The number of aromatic nitrogens is 2. The number of nitrogens with zero attached hydrogens (tertiary/aromatic N) is 2. The van der Waals surface area contributed by atoms with Crippen molar-refractivity contribution in [2.75, 3.05) is 12.4 Å². The monoisotopic (exact) mass is 425 g/mol. The van der Waals surface area contributed by atoms with Gasteiger partial charge < -0.3 is 14.6 Å². The topological polar surface area (TPSA) is 73.2 Å². The number of anilines is 1. The van der Waals surface area contributed by atoms with E-state index >= 15 is 0 Å². The zero-order valence-electron chi connectivity index (χ0n) is 19.2. The molecule has 6 heteroatoms. The van der Waals surface area contributed by atoms with Crippen LogP contribution in [0.5, 0.6) is 5.75 Å². The molecule has 1 N–H and O–H groups in total. The number of hydrogen-bond donors (Lipinski definition) is 1. The molecule has 0 aliphatic heterocycles. The third-order valence-electron chi connectivity index (χ3n) is 6.17. The van der Waals surface area contributed by atoms with Gasteiger partial charge in [0.25, 0.3) is 0 Å². The fraction of sp³-hybridized carbons (Fsp3) is 0.560. The number of methoxy groups -OCH3 is 1. The van der Waals surface area contributed by atoms with Gasteiger partial charge in [0.2, 0.25) is 5.95 Å². The van der Waals surface area contributed by atoms with Gasteiger partial charge >= 0.3 is 0 Å². The van der Waals surface area contributed by atoms with Crippen LogP contribution in [0, 0.1) is 0 Å². The molecule has 1 heterocycles. The summed E-state index contributed by atoms with van der Waals surface area (Å²) in [5, 5.41) is 3.61. The van der Waals surface area contributed by atoms with E-state index in [-0.39, 0.29) is 23.9 Å². The zero-order chi connectivity index (χ0) is 22.4. The van der Waals surface area contributed by atoms with Crippen molar-refractivity contribution in [3.05, 3.63) is 41.2 Å². The van der Waals surface area contributed by atoms with Gasteiger partial charge in [0.05, 0.1) is 31.7 Å². The molecule has 2 aliphatic rings. The van der Waals surface area contributed by atoms with Crippen molar-refractivity contribution in [1.29, 1.82) is 0 Å². The molecule has 1 aromatic heterocycles. The first-order chi connectivity index (χ1) is 15.1. The van der Waals surface area contributed by atoms with Crippen LogP contribution < -0.4 is 10.1 Å². The second kappa shape index (κ2) is 10.6. The number of benzene rings is 1. The summed E-state index contributed by atoms with van der Waals surface area (Å²) in [5.41, 5.74) is 2.27. The van der Waals surface area contributed by atoms with Crippen molar-refractivity contribution in [3.8, 4) is 5.75 Å². The molecule has 31 heavy (non-hydrogen) atoms. The molecule has 2 aliphatic carbocycles. The number of carbonyl (C=O) groups is 2. The van der Waals surface area contributed by atoms with Crippen LogP contribution in [0.3, 0.4) is 0 Å². The van der Waals surface area contributed by atoms with Crippen LogP contribution in [0.1, 0.15) is 93.4 Å². The van der Waals surface area contributed by atoms with E-state index in [1.807, 2.05) is 49.6 Å². The minimum Gasteiger partial charge on any atom is -0.497 e. The van der Waals surface area contributed by atoms with E-state index in [1.54, 1.807) is 7.11 Å². The summed E-state index contributed by atoms with van der Waals surface area (Å²) in [5.74, 6) is 1.01. The van der Waals surface area contributed by atoms with Crippen molar-refractivity contribution >= 4 is 17.5 Å². The second-order valence-electron chi connectivity index (χ2n) is 8.22. The standard InChI is InChI=1S/C23H29N3O3.C2H6/c1-15-19(27)13-20(28)22-21(15)25-23(24-17-7-5-3-4-6-8-17)26(22)14-16-9-11-18(29-2)12-10-16;1-2/h9-12,15,17H,3-8,13-14H2,1-2H3,(H,24,25);1-2H3. The Labute approximate surface area is 185 Å². The highest BCUT2D eigenvalue weighted by atomic mass is 16.5. The molecule has 0 bridgehead atoms. The van der Waals surface area contributed by atoms with Crippen LogP contribution in [0.25, 0.3) is 0 Å². The van der Waals surface area contributed by atoms with Crippen LogP contribution >= 0.6 is 0 Å². The Morgan fingerprint density at radius 1 is 1.06 bits per heavy atom. The van der Waals surface area contributed by atoms with E-state index in [2.05, 4.69) is 5.32 Å². The van der Waals surface area contributed by atoms with Crippen LogP contribution in [0.4, 0.5) is 5.95 Å². The van der Waals surface area contributed by atoms with E-state index in [0.29, 0.717) is 29.9 Å². The first-order valence-corrected chi connectivity index (χ1v) is 11.6. The maximum absolute atomic E-state index is 12.8. The molecule has 2 aromatic rings.